The molecule has 0 aliphatic carbocycles. The van der Waals surface area contributed by atoms with Gasteiger partial charge in [-0.2, -0.15) is 0 Å². The number of aromatic carboxylic acids is 1. The number of hydrogen-bond acceptors (Lipinski definition) is 4. The van der Waals surface area contributed by atoms with E-state index in [9.17, 15) is 4.79 Å². The highest BCUT2D eigenvalue weighted by atomic mass is 16.5. The van der Waals surface area contributed by atoms with Crippen LogP contribution in [0.15, 0.2) is 42.6 Å². The number of aromatic nitrogens is 1. The SMILES string of the molecule is CC(C)Oc1ncccc1NCc1cccc(C(=O)O)c1. The van der Waals surface area contributed by atoms with E-state index in [1.165, 1.54) is 0 Å². The number of nitrogens with one attached hydrogen (secondary N) is 1. The summed E-state index contributed by atoms with van der Waals surface area (Å²) < 4.78 is 5.63. The minimum Gasteiger partial charge on any atom is -0.478 e. The van der Waals surface area contributed by atoms with Gasteiger partial charge >= 0.3 is 5.97 Å². The molecule has 0 spiro atoms. The zero-order valence-electron chi connectivity index (χ0n) is 12.0. The fourth-order valence-electron chi connectivity index (χ4n) is 1.85. The lowest BCUT2D eigenvalue weighted by atomic mass is 10.1. The van der Waals surface area contributed by atoms with Crippen molar-refractivity contribution >= 4 is 11.7 Å². The highest BCUT2D eigenvalue weighted by molar-refractivity contribution is 5.87. The number of rotatable bonds is 6. The summed E-state index contributed by atoms with van der Waals surface area (Å²) >= 11 is 0. The first-order chi connectivity index (χ1) is 10.1. The van der Waals surface area contributed by atoms with Crippen LogP contribution in [0.5, 0.6) is 5.88 Å². The van der Waals surface area contributed by atoms with Crippen molar-refractivity contribution < 1.29 is 14.6 Å². The topological polar surface area (TPSA) is 71.5 Å². The van der Waals surface area contributed by atoms with Crippen molar-refractivity contribution in [2.24, 2.45) is 0 Å². The van der Waals surface area contributed by atoms with Gasteiger partial charge in [-0.25, -0.2) is 9.78 Å². The Kier molecular flexibility index (Phi) is 4.77. The Morgan fingerprint density at radius 1 is 1.33 bits per heavy atom. The number of benzene rings is 1. The molecule has 0 unspecified atom stereocenters. The second-order valence-corrected chi connectivity index (χ2v) is 4.88. The molecule has 0 aliphatic rings. The van der Waals surface area contributed by atoms with E-state index >= 15 is 0 Å². The summed E-state index contributed by atoms with van der Waals surface area (Å²) in [6, 6.07) is 10.5. The van der Waals surface area contributed by atoms with E-state index in [-0.39, 0.29) is 11.7 Å². The minimum absolute atomic E-state index is 0.0378. The monoisotopic (exact) mass is 286 g/mol. The van der Waals surface area contributed by atoms with Crippen LogP contribution in [-0.4, -0.2) is 22.2 Å². The molecule has 0 amide bonds. The summed E-state index contributed by atoms with van der Waals surface area (Å²) in [6.07, 6.45) is 1.71. The van der Waals surface area contributed by atoms with Gasteiger partial charge in [0, 0.05) is 12.7 Å². The maximum absolute atomic E-state index is 11.0. The molecule has 1 aromatic carbocycles. The molecule has 0 saturated carbocycles. The summed E-state index contributed by atoms with van der Waals surface area (Å²) in [7, 11) is 0. The fraction of sp³-hybridized carbons (Fsp3) is 0.250. The first-order valence-electron chi connectivity index (χ1n) is 6.74. The molecule has 2 rings (SSSR count). The Hall–Kier alpha value is -2.56. The lowest BCUT2D eigenvalue weighted by Crippen LogP contribution is -2.10. The van der Waals surface area contributed by atoms with Crippen LogP contribution in [0.2, 0.25) is 0 Å². The molecule has 110 valence electrons. The Morgan fingerprint density at radius 3 is 2.86 bits per heavy atom. The number of carboxylic acid groups (broad SMARTS) is 1. The van der Waals surface area contributed by atoms with Gasteiger partial charge in [-0.1, -0.05) is 12.1 Å². The van der Waals surface area contributed by atoms with Gasteiger partial charge in [0.15, 0.2) is 0 Å². The number of pyridine rings is 1. The van der Waals surface area contributed by atoms with Gasteiger partial charge in [-0.3, -0.25) is 0 Å². The van der Waals surface area contributed by atoms with Gasteiger partial charge in [0.2, 0.25) is 5.88 Å². The Morgan fingerprint density at radius 2 is 2.14 bits per heavy atom. The zero-order valence-corrected chi connectivity index (χ0v) is 12.0. The van der Waals surface area contributed by atoms with Gasteiger partial charge in [0.25, 0.3) is 0 Å². The van der Waals surface area contributed by atoms with Crippen LogP contribution < -0.4 is 10.1 Å². The van der Waals surface area contributed by atoms with Crippen molar-refractivity contribution in [1.29, 1.82) is 0 Å². The van der Waals surface area contributed by atoms with Crippen LogP contribution in [0.4, 0.5) is 5.69 Å². The maximum Gasteiger partial charge on any atom is 0.335 e. The van der Waals surface area contributed by atoms with E-state index in [0.29, 0.717) is 12.4 Å². The second kappa shape index (κ2) is 6.74. The minimum atomic E-state index is -0.929. The fourth-order valence-corrected chi connectivity index (χ4v) is 1.85. The average Bonchev–Trinajstić information content (AvgIpc) is 2.46. The Bertz CT molecular complexity index is 626. The van der Waals surface area contributed by atoms with Crippen LogP contribution in [0.25, 0.3) is 0 Å². The second-order valence-electron chi connectivity index (χ2n) is 4.88. The van der Waals surface area contributed by atoms with E-state index in [1.807, 2.05) is 32.0 Å². The summed E-state index contributed by atoms with van der Waals surface area (Å²) in [5.74, 6) is -0.385. The van der Waals surface area contributed by atoms with Crippen LogP contribution in [0.3, 0.4) is 0 Å². The van der Waals surface area contributed by atoms with E-state index in [0.717, 1.165) is 11.3 Å². The number of carboxylic acids is 1. The Balaban J connectivity index is 2.09. The molecule has 0 fully saturated rings. The number of nitrogens with zero attached hydrogens (tertiary/aromatic N) is 1. The molecule has 21 heavy (non-hydrogen) atoms. The molecule has 1 heterocycles. The van der Waals surface area contributed by atoms with Crippen molar-refractivity contribution in [2.45, 2.75) is 26.5 Å². The van der Waals surface area contributed by atoms with Gasteiger partial charge in [0.05, 0.1) is 17.4 Å². The smallest absolute Gasteiger partial charge is 0.335 e. The van der Waals surface area contributed by atoms with Gasteiger partial charge < -0.3 is 15.2 Å². The van der Waals surface area contributed by atoms with Crippen molar-refractivity contribution in [3.8, 4) is 5.88 Å². The van der Waals surface area contributed by atoms with E-state index in [1.54, 1.807) is 24.4 Å². The number of ether oxygens (including phenoxy) is 1. The normalized spacial score (nSPS) is 10.4. The molecular weight excluding hydrogens is 268 g/mol. The van der Waals surface area contributed by atoms with Gasteiger partial charge in [-0.05, 0) is 43.7 Å². The summed E-state index contributed by atoms with van der Waals surface area (Å²) in [5.41, 5.74) is 1.94. The van der Waals surface area contributed by atoms with Crippen LogP contribution in [-0.2, 0) is 6.54 Å². The molecule has 1 aromatic heterocycles. The quantitative estimate of drug-likeness (QED) is 0.853. The standard InChI is InChI=1S/C16H18N2O3/c1-11(2)21-15-14(7-4-8-17-15)18-10-12-5-3-6-13(9-12)16(19)20/h3-9,11,18H,10H2,1-2H3,(H,19,20). The molecule has 2 aromatic rings. The highest BCUT2D eigenvalue weighted by Gasteiger charge is 2.07. The average molecular weight is 286 g/mol. The molecule has 0 saturated heterocycles. The Labute approximate surface area is 123 Å². The maximum atomic E-state index is 11.0. The summed E-state index contributed by atoms with van der Waals surface area (Å²) in [5, 5.41) is 12.2. The molecule has 0 bridgehead atoms. The highest BCUT2D eigenvalue weighted by Crippen LogP contribution is 2.22. The number of anilines is 1. The first kappa shape index (κ1) is 14.8. The van der Waals surface area contributed by atoms with Crippen LogP contribution >= 0.6 is 0 Å². The molecular formula is C16H18N2O3. The van der Waals surface area contributed by atoms with Crippen LogP contribution in [0.1, 0.15) is 29.8 Å². The van der Waals surface area contributed by atoms with Gasteiger partial charge in [0.1, 0.15) is 0 Å². The number of carbonyl (C=O) groups is 1. The lowest BCUT2D eigenvalue weighted by molar-refractivity contribution is 0.0696. The zero-order chi connectivity index (χ0) is 15.2. The third kappa shape index (κ3) is 4.21. The van der Waals surface area contributed by atoms with Crippen molar-refractivity contribution in [3.63, 3.8) is 0 Å². The van der Waals surface area contributed by atoms with E-state index in [4.69, 9.17) is 9.84 Å². The van der Waals surface area contributed by atoms with Crippen molar-refractivity contribution in [1.82, 2.24) is 4.98 Å². The third-order valence-electron chi connectivity index (χ3n) is 2.78. The van der Waals surface area contributed by atoms with E-state index in [2.05, 4.69) is 10.3 Å². The van der Waals surface area contributed by atoms with Gasteiger partial charge in [-0.15, -0.1) is 0 Å². The predicted octanol–water partition coefficient (Wildman–Crippen LogP) is 3.18. The molecule has 5 heteroatoms. The third-order valence-corrected chi connectivity index (χ3v) is 2.78. The van der Waals surface area contributed by atoms with Crippen molar-refractivity contribution in [2.75, 3.05) is 5.32 Å². The summed E-state index contributed by atoms with van der Waals surface area (Å²) in [6.45, 7) is 4.38. The number of hydrogen-bond donors (Lipinski definition) is 2. The molecule has 5 nitrogen and oxygen atoms in total. The molecule has 0 aliphatic heterocycles. The largest absolute Gasteiger partial charge is 0.478 e. The molecule has 0 atom stereocenters. The summed E-state index contributed by atoms with van der Waals surface area (Å²) in [4.78, 5) is 15.2. The van der Waals surface area contributed by atoms with Crippen LogP contribution in [0, 0.1) is 0 Å². The van der Waals surface area contributed by atoms with Crippen molar-refractivity contribution in [3.05, 3.63) is 53.7 Å². The lowest BCUT2D eigenvalue weighted by Gasteiger charge is -2.14. The van der Waals surface area contributed by atoms with E-state index < -0.39 is 5.97 Å². The molecule has 0 radical (unpaired) electrons. The molecule has 2 N–H and O–H groups in total. The predicted molar refractivity (Wildman–Crippen MR) is 80.7 cm³/mol. The first-order valence-corrected chi connectivity index (χ1v) is 6.74.